The highest BCUT2D eigenvalue weighted by Gasteiger charge is 2.17. The molecule has 0 aliphatic carbocycles. The molecule has 3 aromatic rings. The molecule has 6 nitrogen and oxygen atoms in total. The number of allylic oxidation sites excluding steroid dienone is 1. The predicted molar refractivity (Wildman–Crippen MR) is 101 cm³/mol. The lowest BCUT2D eigenvalue weighted by atomic mass is 10.1. The van der Waals surface area contributed by atoms with Crippen LogP contribution in [0.15, 0.2) is 67.0 Å². The van der Waals surface area contributed by atoms with Crippen molar-refractivity contribution in [2.24, 2.45) is 0 Å². The summed E-state index contributed by atoms with van der Waals surface area (Å²) in [6, 6.07) is 14.6. The second-order valence-electron chi connectivity index (χ2n) is 5.95. The molecule has 0 radical (unpaired) electrons. The summed E-state index contributed by atoms with van der Waals surface area (Å²) < 4.78 is 5.29. The summed E-state index contributed by atoms with van der Waals surface area (Å²) in [6.45, 7) is -0.0147. The van der Waals surface area contributed by atoms with Crippen molar-refractivity contribution in [1.82, 2.24) is 9.97 Å². The van der Waals surface area contributed by atoms with Crippen LogP contribution in [0, 0.1) is 0 Å². The van der Waals surface area contributed by atoms with Gasteiger partial charge >= 0.3 is 0 Å². The van der Waals surface area contributed by atoms with Crippen LogP contribution in [0.2, 0.25) is 0 Å². The molecule has 0 fully saturated rings. The molecule has 0 saturated heterocycles. The second kappa shape index (κ2) is 7.21. The van der Waals surface area contributed by atoms with Gasteiger partial charge in [-0.05, 0) is 30.4 Å². The Labute approximate surface area is 155 Å². The smallest absolute Gasteiger partial charge is 0.262 e. The summed E-state index contributed by atoms with van der Waals surface area (Å²) in [6.07, 6.45) is 6.44. The molecule has 1 aromatic heterocycles. The third kappa shape index (κ3) is 3.74. The molecule has 0 spiro atoms. The second-order valence-corrected chi connectivity index (χ2v) is 5.95. The van der Waals surface area contributed by atoms with Crippen molar-refractivity contribution in [3.8, 4) is 17.1 Å². The van der Waals surface area contributed by atoms with Gasteiger partial charge in [-0.1, -0.05) is 30.3 Å². The average Bonchev–Trinajstić information content (AvgIpc) is 2.72. The highest BCUT2D eigenvalue weighted by molar-refractivity contribution is 6.08. The first-order chi connectivity index (χ1) is 13.2. The zero-order valence-corrected chi connectivity index (χ0v) is 14.3. The van der Waals surface area contributed by atoms with Crippen molar-refractivity contribution in [2.75, 3.05) is 11.9 Å². The summed E-state index contributed by atoms with van der Waals surface area (Å²) in [4.78, 5) is 32.4. The number of amides is 1. The Hall–Kier alpha value is -3.80. The molecule has 2 aromatic carbocycles. The summed E-state index contributed by atoms with van der Waals surface area (Å²) in [5.74, 6) is 0.757. The van der Waals surface area contributed by atoms with E-state index in [-0.39, 0.29) is 18.3 Å². The zero-order chi connectivity index (χ0) is 18.6. The van der Waals surface area contributed by atoms with Gasteiger partial charge in [-0.2, -0.15) is 0 Å². The minimum atomic E-state index is -0.238. The number of hydrogen-bond donors (Lipinski definition) is 1. The maximum absolute atomic E-state index is 12.4. The van der Waals surface area contributed by atoms with Gasteiger partial charge in [0, 0.05) is 29.1 Å². The molecule has 0 saturated carbocycles. The minimum Gasteiger partial charge on any atom is -0.482 e. The number of anilines is 1. The van der Waals surface area contributed by atoms with Gasteiger partial charge in [0.25, 0.3) is 5.91 Å². The number of ketones is 1. The van der Waals surface area contributed by atoms with E-state index in [0.29, 0.717) is 22.8 Å². The third-order valence-electron chi connectivity index (χ3n) is 4.03. The maximum Gasteiger partial charge on any atom is 0.262 e. The van der Waals surface area contributed by atoms with Crippen molar-refractivity contribution >= 4 is 23.5 Å². The summed E-state index contributed by atoms with van der Waals surface area (Å²) >= 11 is 0. The van der Waals surface area contributed by atoms with Gasteiger partial charge in [0.05, 0.1) is 5.69 Å². The number of benzene rings is 2. The van der Waals surface area contributed by atoms with E-state index in [1.807, 2.05) is 30.3 Å². The predicted octanol–water partition coefficient (Wildman–Crippen LogP) is 3.37. The molecule has 132 valence electrons. The average molecular weight is 357 g/mol. The number of aromatic nitrogens is 2. The molecule has 0 unspecified atom stereocenters. The molecule has 1 amide bonds. The maximum atomic E-state index is 12.4. The van der Waals surface area contributed by atoms with Crippen LogP contribution in [-0.4, -0.2) is 28.3 Å². The Bertz CT molecular complexity index is 1030. The van der Waals surface area contributed by atoms with Crippen molar-refractivity contribution in [3.05, 3.63) is 78.1 Å². The third-order valence-corrected chi connectivity index (χ3v) is 4.03. The molecule has 2 heterocycles. The van der Waals surface area contributed by atoms with Crippen LogP contribution in [0.5, 0.6) is 5.75 Å². The lowest BCUT2D eigenvalue weighted by molar-refractivity contribution is -0.118. The Kier molecular flexibility index (Phi) is 4.45. The fraction of sp³-hybridized carbons (Fsp3) is 0.0476. The number of rotatable bonds is 4. The molecule has 1 aliphatic rings. The van der Waals surface area contributed by atoms with Gasteiger partial charge in [0.2, 0.25) is 0 Å². The van der Waals surface area contributed by atoms with Crippen LogP contribution in [-0.2, 0) is 4.79 Å². The van der Waals surface area contributed by atoms with Gasteiger partial charge in [-0.3, -0.25) is 9.59 Å². The van der Waals surface area contributed by atoms with E-state index in [4.69, 9.17) is 4.74 Å². The van der Waals surface area contributed by atoms with Crippen LogP contribution < -0.4 is 10.1 Å². The molecule has 0 atom stereocenters. The number of ether oxygens (including phenoxy) is 1. The lowest BCUT2D eigenvalue weighted by Gasteiger charge is -2.17. The molecular weight excluding hydrogens is 342 g/mol. The number of nitrogens with one attached hydrogen (secondary N) is 1. The SMILES string of the molecule is O=C1COc2ccc(C(=O)C=Cc3cnc(-c4ccccc4)nc3)cc2N1. The van der Waals surface area contributed by atoms with Crippen LogP contribution in [0.3, 0.4) is 0 Å². The van der Waals surface area contributed by atoms with Gasteiger partial charge in [0.15, 0.2) is 18.2 Å². The van der Waals surface area contributed by atoms with Crippen molar-refractivity contribution < 1.29 is 14.3 Å². The van der Waals surface area contributed by atoms with Gasteiger partial charge < -0.3 is 10.1 Å². The van der Waals surface area contributed by atoms with Crippen molar-refractivity contribution in [3.63, 3.8) is 0 Å². The van der Waals surface area contributed by atoms with E-state index in [1.54, 1.807) is 36.7 Å². The molecular formula is C21H15N3O3. The number of carbonyl (C=O) groups is 2. The topological polar surface area (TPSA) is 81.2 Å². The molecule has 27 heavy (non-hydrogen) atoms. The van der Waals surface area contributed by atoms with E-state index in [1.165, 1.54) is 6.08 Å². The molecule has 0 bridgehead atoms. The lowest BCUT2D eigenvalue weighted by Crippen LogP contribution is -2.25. The van der Waals surface area contributed by atoms with Crippen LogP contribution in [0.4, 0.5) is 5.69 Å². The van der Waals surface area contributed by atoms with Crippen LogP contribution >= 0.6 is 0 Å². The van der Waals surface area contributed by atoms with E-state index in [9.17, 15) is 9.59 Å². The van der Waals surface area contributed by atoms with Gasteiger partial charge in [-0.15, -0.1) is 0 Å². The first kappa shape index (κ1) is 16.7. The van der Waals surface area contributed by atoms with Gasteiger partial charge in [-0.25, -0.2) is 9.97 Å². The Morgan fingerprint density at radius 2 is 1.85 bits per heavy atom. The largest absolute Gasteiger partial charge is 0.482 e. The van der Waals surface area contributed by atoms with Crippen LogP contribution in [0.1, 0.15) is 15.9 Å². The number of hydrogen-bond acceptors (Lipinski definition) is 5. The monoisotopic (exact) mass is 357 g/mol. The Morgan fingerprint density at radius 1 is 1.07 bits per heavy atom. The normalized spacial score (nSPS) is 13.0. The standard InChI is InChI=1S/C21H15N3O3/c25-18(16-7-9-19-17(10-16)24-20(26)13-27-19)8-6-14-11-22-21(23-12-14)15-4-2-1-3-5-15/h1-12H,13H2,(H,24,26). The van der Waals surface area contributed by atoms with Crippen molar-refractivity contribution in [2.45, 2.75) is 0 Å². The summed E-state index contributed by atoms with van der Waals surface area (Å²) in [5, 5.41) is 2.69. The van der Waals surface area contributed by atoms with E-state index >= 15 is 0 Å². The molecule has 6 heteroatoms. The number of carbonyl (C=O) groups excluding carboxylic acids is 2. The first-order valence-electron chi connectivity index (χ1n) is 8.35. The first-order valence-corrected chi connectivity index (χ1v) is 8.35. The summed E-state index contributed by atoms with van der Waals surface area (Å²) in [5.41, 5.74) is 2.61. The van der Waals surface area contributed by atoms with Gasteiger partial charge in [0.1, 0.15) is 5.75 Å². The Balaban J connectivity index is 1.49. The molecule has 1 aliphatic heterocycles. The minimum absolute atomic E-state index is 0.0147. The zero-order valence-electron chi connectivity index (χ0n) is 14.3. The van der Waals surface area contributed by atoms with E-state index < -0.39 is 0 Å². The Morgan fingerprint density at radius 3 is 2.63 bits per heavy atom. The highest BCUT2D eigenvalue weighted by atomic mass is 16.5. The number of nitrogens with zero attached hydrogens (tertiary/aromatic N) is 2. The van der Waals surface area contributed by atoms with E-state index in [2.05, 4.69) is 15.3 Å². The highest BCUT2D eigenvalue weighted by Crippen LogP contribution is 2.28. The van der Waals surface area contributed by atoms with E-state index in [0.717, 1.165) is 11.1 Å². The molecule has 1 N–H and O–H groups in total. The number of fused-ring (bicyclic) bond motifs is 1. The fourth-order valence-electron chi connectivity index (χ4n) is 2.66. The summed E-state index contributed by atoms with van der Waals surface area (Å²) in [7, 11) is 0. The van der Waals surface area contributed by atoms with Crippen LogP contribution in [0.25, 0.3) is 17.5 Å². The van der Waals surface area contributed by atoms with Crippen molar-refractivity contribution in [1.29, 1.82) is 0 Å². The fourth-order valence-corrected chi connectivity index (χ4v) is 2.66. The quantitative estimate of drug-likeness (QED) is 0.572. The molecule has 4 rings (SSSR count).